The molecule has 5 heteroatoms. The number of amides is 1. The number of halogens is 1. The van der Waals surface area contributed by atoms with Gasteiger partial charge in [-0.25, -0.2) is 4.39 Å². The van der Waals surface area contributed by atoms with Crippen molar-refractivity contribution in [1.29, 1.82) is 0 Å². The van der Waals surface area contributed by atoms with E-state index in [1.54, 1.807) is 12.1 Å². The summed E-state index contributed by atoms with van der Waals surface area (Å²) in [4.78, 5) is 13.6. The summed E-state index contributed by atoms with van der Waals surface area (Å²) < 4.78 is 18.2. The predicted octanol–water partition coefficient (Wildman–Crippen LogP) is 2.05. The van der Waals surface area contributed by atoms with Crippen LogP contribution >= 0.6 is 0 Å². The average molecular weight is 282 g/mol. The van der Waals surface area contributed by atoms with Crippen molar-refractivity contribution in [3.8, 4) is 5.75 Å². The molecule has 112 valence electrons. The average Bonchev–Trinajstić information content (AvgIpc) is 2.29. The Balaban J connectivity index is 2.24. The van der Waals surface area contributed by atoms with Gasteiger partial charge in [-0.05, 0) is 52.1 Å². The van der Waals surface area contributed by atoms with Crippen LogP contribution in [0.5, 0.6) is 5.75 Å². The Morgan fingerprint density at radius 2 is 1.90 bits per heavy atom. The second-order valence-electron chi connectivity index (χ2n) is 5.84. The van der Waals surface area contributed by atoms with Crippen LogP contribution in [0, 0.1) is 5.82 Å². The molecule has 1 rings (SSSR count). The zero-order valence-corrected chi connectivity index (χ0v) is 12.6. The molecule has 20 heavy (non-hydrogen) atoms. The zero-order valence-electron chi connectivity index (χ0n) is 12.6. The van der Waals surface area contributed by atoms with Gasteiger partial charge in [0.15, 0.2) is 0 Å². The Morgan fingerprint density at radius 3 is 2.45 bits per heavy atom. The maximum atomic E-state index is 12.7. The Kier molecular flexibility index (Phi) is 5.95. The van der Waals surface area contributed by atoms with Crippen molar-refractivity contribution in [1.82, 2.24) is 10.2 Å². The van der Waals surface area contributed by atoms with E-state index in [2.05, 4.69) is 5.32 Å². The Labute approximate surface area is 119 Å². The molecule has 1 aromatic rings. The van der Waals surface area contributed by atoms with Crippen LogP contribution in [-0.4, -0.2) is 43.1 Å². The molecule has 1 amide bonds. The third kappa shape index (κ3) is 7.09. The Bertz CT molecular complexity index is 426. The lowest BCUT2D eigenvalue weighted by Crippen LogP contribution is -2.45. The minimum Gasteiger partial charge on any atom is -0.492 e. The number of hydrogen-bond donors (Lipinski definition) is 1. The van der Waals surface area contributed by atoms with E-state index < -0.39 is 0 Å². The van der Waals surface area contributed by atoms with Crippen LogP contribution in [0.1, 0.15) is 20.8 Å². The van der Waals surface area contributed by atoms with Crippen LogP contribution in [0.2, 0.25) is 0 Å². The van der Waals surface area contributed by atoms with Crippen LogP contribution in [0.3, 0.4) is 0 Å². The van der Waals surface area contributed by atoms with Crippen LogP contribution in [0.25, 0.3) is 0 Å². The number of likely N-dealkylation sites (N-methyl/N-ethyl adjacent to an activating group) is 1. The van der Waals surface area contributed by atoms with Gasteiger partial charge in [0.05, 0.1) is 6.54 Å². The molecule has 0 aromatic heterocycles. The summed E-state index contributed by atoms with van der Waals surface area (Å²) in [6.07, 6.45) is 0. The number of carbonyl (C=O) groups is 1. The minimum atomic E-state index is -0.284. The highest BCUT2D eigenvalue weighted by Gasteiger charge is 2.14. The van der Waals surface area contributed by atoms with Gasteiger partial charge in [0, 0.05) is 12.1 Å². The number of rotatable bonds is 6. The van der Waals surface area contributed by atoms with E-state index in [1.807, 2.05) is 32.7 Å². The van der Waals surface area contributed by atoms with E-state index in [4.69, 9.17) is 4.74 Å². The number of nitrogens with one attached hydrogen (secondary N) is 1. The fraction of sp³-hybridized carbons (Fsp3) is 0.533. The van der Waals surface area contributed by atoms with Crippen molar-refractivity contribution >= 4 is 5.91 Å². The SMILES string of the molecule is CN(CCOc1ccc(F)cc1)CC(=O)NC(C)(C)C. The number of benzene rings is 1. The maximum absolute atomic E-state index is 12.7. The number of carbonyl (C=O) groups excluding carboxylic acids is 1. The van der Waals surface area contributed by atoms with Gasteiger partial charge in [0.25, 0.3) is 0 Å². The molecular weight excluding hydrogens is 259 g/mol. The highest BCUT2D eigenvalue weighted by Crippen LogP contribution is 2.10. The first kappa shape index (κ1) is 16.4. The van der Waals surface area contributed by atoms with Crippen molar-refractivity contribution in [2.75, 3.05) is 26.7 Å². The molecule has 0 fully saturated rings. The first-order valence-electron chi connectivity index (χ1n) is 6.64. The maximum Gasteiger partial charge on any atom is 0.234 e. The monoisotopic (exact) mass is 282 g/mol. The summed E-state index contributed by atoms with van der Waals surface area (Å²) in [7, 11) is 1.86. The molecular formula is C15H23FN2O2. The van der Waals surface area contributed by atoms with E-state index in [0.29, 0.717) is 25.4 Å². The molecule has 1 N–H and O–H groups in total. The standard InChI is InChI=1S/C15H23FN2O2/c1-15(2,3)17-14(19)11-18(4)9-10-20-13-7-5-12(16)6-8-13/h5-8H,9-11H2,1-4H3,(H,17,19). The third-order valence-electron chi connectivity index (χ3n) is 2.48. The summed E-state index contributed by atoms with van der Waals surface area (Å²) in [5.41, 5.74) is -0.220. The topological polar surface area (TPSA) is 41.6 Å². The molecule has 0 saturated heterocycles. The lowest BCUT2D eigenvalue weighted by atomic mass is 10.1. The normalized spacial score (nSPS) is 11.5. The molecule has 0 aliphatic rings. The molecule has 0 radical (unpaired) electrons. The summed E-state index contributed by atoms with van der Waals surface area (Å²) in [5, 5.41) is 2.90. The van der Waals surface area contributed by atoms with E-state index in [0.717, 1.165) is 0 Å². The van der Waals surface area contributed by atoms with Gasteiger partial charge in [-0.2, -0.15) is 0 Å². The fourth-order valence-electron chi connectivity index (χ4n) is 1.63. The van der Waals surface area contributed by atoms with Gasteiger partial charge >= 0.3 is 0 Å². The van der Waals surface area contributed by atoms with Crippen molar-refractivity contribution in [3.05, 3.63) is 30.1 Å². The summed E-state index contributed by atoms with van der Waals surface area (Å²) in [5.74, 6) is 0.328. The quantitative estimate of drug-likeness (QED) is 0.868. The fourth-order valence-corrected chi connectivity index (χ4v) is 1.63. The molecule has 4 nitrogen and oxygen atoms in total. The molecule has 0 unspecified atom stereocenters. The van der Waals surface area contributed by atoms with Crippen LogP contribution in [0.4, 0.5) is 4.39 Å². The lowest BCUT2D eigenvalue weighted by Gasteiger charge is -2.23. The molecule has 0 atom stereocenters. The van der Waals surface area contributed by atoms with Gasteiger partial charge < -0.3 is 10.1 Å². The van der Waals surface area contributed by atoms with Crippen molar-refractivity contribution < 1.29 is 13.9 Å². The van der Waals surface area contributed by atoms with Gasteiger partial charge in [-0.1, -0.05) is 0 Å². The molecule has 0 bridgehead atoms. The molecule has 0 aliphatic carbocycles. The van der Waals surface area contributed by atoms with E-state index >= 15 is 0 Å². The highest BCUT2D eigenvalue weighted by atomic mass is 19.1. The van der Waals surface area contributed by atoms with Crippen molar-refractivity contribution in [2.45, 2.75) is 26.3 Å². The smallest absolute Gasteiger partial charge is 0.234 e. The first-order valence-corrected chi connectivity index (χ1v) is 6.64. The van der Waals surface area contributed by atoms with Crippen LogP contribution < -0.4 is 10.1 Å². The van der Waals surface area contributed by atoms with Gasteiger partial charge in [-0.15, -0.1) is 0 Å². The summed E-state index contributed by atoms with van der Waals surface area (Å²) >= 11 is 0. The first-order chi connectivity index (χ1) is 9.26. The number of nitrogens with zero attached hydrogens (tertiary/aromatic N) is 1. The molecule has 0 saturated carbocycles. The second-order valence-corrected chi connectivity index (χ2v) is 5.84. The second kappa shape index (κ2) is 7.24. The van der Waals surface area contributed by atoms with E-state index in [-0.39, 0.29) is 17.3 Å². The van der Waals surface area contributed by atoms with E-state index in [1.165, 1.54) is 12.1 Å². The number of ether oxygens (including phenoxy) is 1. The molecule has 0 aliphatic heterocycles. The molecule has 0 spiro atoms. The highest BCUT2D eigenvalue weighted by molar-refractivity contribution is 5.78. The number of hydrogen-bond acceptors (Lipinski definition) is 3. The Hall–Kier alpha value is -1.62. The Morgan fingerprint density at radius 1 is 1.30 bits per heavy atom. The zero-order chi connectivity index (χ0) is 15.2. The van der Waals surface area contributed by atoms with Gasteiger partial charge in [0.1, 0.15) is 18.2 Å². The van der Waals surface area contributed by atoms with Gasteiger partial charge in [0.2, 0.25) is 5.91 Å². The molecule has 0 heterocycles. The van der Waals surface area contributed by atoms with Crippen molar-refractivity contribution in [2.24, 2.45) is 0 Å². The third-order valence-corrected chi connectivity index (χ3v) is 2.48. The van der Waals surface area contributed by atoms with Gasteiger partial charge in [-0.3, -0.25) is 9.69 Å². The van der Waals surface area contributed by atoms with Crippen LogP contribution in [0.15, 0.2) is 24.3 Å². The summed E-state index contributed by atoms with van der Waals surface area (Å²) in [6, 6.07) is 5.88. The minimum absolute atomic E-state index is 0.0122. The largest absolute Gasteiger partial charge is 0.492 e. The van der Waals surface area contributed by atoms with Crippen molar-refractivity contribution in [3.63, 3.8) is 0 Å². The van der Waals surface area contributed by atoms with Crippen LogP contribution in [-0.2, 0) is 4.79 Å². The summed E-state index contributed by atoms with van der Waals surface area (Å²) in [6.45, 7) is 7.23. The van der Waals surface area contributed by atoms with E-state index in [9.17, 15) is 9.18 Å². The lowest BCUT2D eigenvalue weighted by molar-refractivity contribution is -0.123. The molecule has 1 aromatic carbocycles. The predicted molar refractivity (Wildman–Crippen MR) is 77.3 cm³/mol.